The van der Waals surface area contributed by atoms with Crippen LogP contribution in [-0.2, 0) is 4.79 Å². The lowest BCUT2D eigenvalue weighted by Crippen LogP contribution is -1.98. The van der Waals surface area contributed by atoms with Crippen LogP contribution in [-0.4, -0.2) is 5.97 Å². The van der Waals surface area contributed by atoms with Crippen LogP contribution in [0.5, 0.6) is 5.06 Å². The van der Waals surface area contributed by atoms with Crippen LogP contribution in [0.25, 0.3) is 0 Å². The summed E-state index contributed by atoms with van der Waals surface area (Å²) in [6, 6.07) is 1.79. The second-order valence-electron chi connectivity index (χ2n) is 2.06. The highest BCUT2D eigenvalue weighted by Crippen LogP contribution is 2.32. The van der Waals surface area contributed by atoms with Gasteiger partial charge in [-0.15, -0.1) is 11.3 Å². The van der Waals surface area contributed by atoms with E-state index in [1.807, 2.05) is 6.92 Å². The highest BCUT2D eigenvalue weighted by atomic mass is 79.9. The summed E-state index contributed by atoms with van der Waals surface area (Å²) in [5.41, 5.74) is 0. The van der Waals surface area contributed by atoms with Gasteiger partial charge in [0.1, 0.15) is 0 Å². The van der Waals surface area contributed by atoms with Gasteiger partial charge in [-0.3, -0.25) is 4.79 Å². The molecule has 0 saturated carbocycles. The van der Waals surface area contributed by atoms with Crippen LogP contribution >= 0.6 is 27.3 Å². The molecule has 0 aliphatic heterocycles. The first-order valence-electron chi connectivity index (χ1n) is 3.04. The van der Waals surface area contributed by atoms with Crippen molar-refractivity contribution < 1.29 is 9.53 Å². The molecule has 1 aromatic rings. The summed E-state index contributed by atoms with van der Waals surface area (Å²) in [4.78, 5) is 11.6. The fourth-order valence-electron chi connectivity index (χ4n) is 0.626. The normalized spacial score (nSPS) is 9.73. The molecule has 0 aliphatic carbocycles. The Morgan fingerprint density at radius 2 is 2.36 bits per heavy atom. The third kappa shape index (κ3) is 2.31. The fourth-order valence-corrected chi connectivity index (χ4v) is 2.02. The standard InChI is InChI=1S/C7H7BrO2S/c1-4-6(8)3-7(11-4)10-5(2)9/h3H,1-2H3. The van der Waals surface area contributed by atoms with Crippen LogP contribution < -0.4 is 4.74 Å². The summed E-state index contributed by atoms with van der Waals surface area (Å²) >= 11 is 4.78. The van der Waals surface area contributed by atoms with Gasteiger partial charge in [-0.05, 0) is 22.9 Å². The van der Waals surface area contributed by atoms with Crippen LogP contribution in [0.3, 0.4) is 0 Å². The molecule has 0 saturated heterocycles. The molecule has 1 aromatic heterocycles. The molecule has 0 aliphatic rings. The number of hydrogen-bond acceptors (Lipinski definition) is 3. The maximum atomic E-state index is 10.5. The van der Waals surface area contributed by atoms with E-state index in [1.165, 1.54) is 18.3 Å². The maximum Gasteiger partial charge on any atom is 0.308 e. The minimum Gasteiger partial charge on any atom is -0.416 e. The van der Waals surface area contributed by atoms with Gasteiger partial charge in [-0.2, -0.15) is 0 Å². The lowest BCUT2D eigenvalue weighted by Gasteiger charge is -1.92. The summed E-state index contributed by atoms with van der Waals surface area (Å²) in [6.45, 7) is 3.35. The molecule has 0 fully saturated rings. The molecule has 0 bridgehead atoms. The number of esters is 1. The minimum atomic E-state index is -0.279. The molecule has 4 heteroatoms. The Morgan fingerprint density at radius 1 is 1.73 bits per heavy atom. The van der Waals surface area contributed by atoms with E-state index < -0.39 is 0 Å². The van der Waals surface area contributed by atoms with Crippen molar-refractivity contribution in [3.05, 3.63) is 15.4 Å². The van der Waals surface area contributed by atoms with E-state index in [2.05, 4.69) is 15.9 Å². The van der Waals surface area contributed by atoms with E-state index >= 15 is 0 Å². The van der Waals surface area contributed by atoms with Crippen molar-refractivity contribution in [2.45, 2.75) is 13.8 Å². The van der Waals surface area contributed by atoms with Crippen LogP contribution in [0, 0.1) is 6.92 Å². The first-order chi connectivity index (χ1) is 5.09. The predicted molar refractivity (Wildman–Crippen MR) is 48.1 cm³/mol. The van der Waals surface area contributed by atoms with Gasteiger partial charge >= 0.3 is 5.97 Å². The summed E-state index contributed by atoms with van der Waals surface area (Å²) < 4.78 is 5.85. The number of carbonyl (C=O) groups is 1. The first-order valence-corrected chi connectivity index (χ1v) is 4.65. The Labute approximate surface area is 77.3 Å². The van der Waals surface area contributed by atoms with Crippen LogP contribution in [0.1, 0.15) is 11.8 Å². The molecule has 0 amide bonds. The van der Waals surface area contributed by atoms with Crippen molar-refractivity contribution in [2.75, 3.05) is 0 Å². The third-order valence-corrected chi connectivity index (χ3v) is 3.09. The van der Waals surface area contributed by atoms with Crippen molar-refractivity contribution in [1.82, 2.24) is 0 Å². The van der Waals surface area contributed by atoms with Gasteiger partial charge < -0.3 is 4.74 Å². The number of hydrogen-bond donors (Lipinski definition) is 0. The third-order valence-electron chi connectivity index (χ3n) is 1.08. The lowest BCUT2D eigenvalue weighted by atomic mass is 10.5. The van der Waals surface area contributed by atoms with Gasteiger partial charge in [0.2, 0.25) is 0 Å². The zero-order valence-electron chi connectivity index (χ0n) is 6.18. The maximum absolute atomic E-state index is 10.5. The van der Waals surface area contributed by atoms with Crippen molar-refractivity contribution >= 4 is 33.2 Å². The van der Waals surface area contributed by atoms with Crippen molar-refractivity contribution in [1.29, 1.82) is 0 Å². The molecular formula is C7H7BrO2S. The molecule has 60 valence electrons. The average molecular weight is 235 g/mol. The minimum absolute atomic E-state index is 0.279. The molecule has 1 heterocycles. The smallest absolute Gasteiger partial charge is 0.308 e. The molecule has 0 unspecified atom stereocenters. The topological polar surface area (TPSA) is 26.3 Å². The summed E-state index contributed by atoms with van der Waals surface area (Å²) in [5, 5.41) is 0.641. The van der Waals surface area contributed by atoms with Gasteiger partial charge in [0, 0.05) is 22.3 Å². The molecule has 0 atom stereocenters. The molecule has 1 rings (SSSR count). The Morgan fingerprint density at radius 3 is 2.73 bits per heavy atom. The van der Waals surface area contributed by atoms with E-state index in [-0.39, 0.29) is 5.97 Å². The molecule has 0 spiro atoms. The van der Waals surface area contributed by atoms with Crippen LogP contribution in [0.4, 0.5) is 0 Å². The SMILES string of the molecule is CC(=O)Oc1cc(Br)c(C)s1. The van der Waals surface area contributed by atoms with E-state index in [0.717, 1.165) is 9.35 Å². The predicted octanol–water partition coefficient (Wildman–Crippen LogP) is 2.74. The monoisotopic (exact) mass is 234 g/mol. The quantitative estimate of drug-likeness (QED) is 0.699. The Bertz CT molecular complexity index is 260. The molecular weight excluding hydrogens is 228 g/mol. The van der Waals surface area contributed by atoms with Crippen LogP contribution in [0.15, 0.2) is 10.5 Å². The van der Waals surface area contributed by atoms with E-state index in [0.29, 0.717) is 5.06 Å². The van der Waals surface area contributed by atoms with Gasteiger partial charge in [0.25, 0.3) is 0 Å². The second-order valence-corrected chi connectivity index (χ2v) is 4.14. The van der Waals surface area contributed by atoms with E-state index in [4.69, 9.17) is 4.74 Å². The summed E-state index contributed by atoms with van der Waals surface area (Å²) in [5.74, 6) is -0.279. The van der Waals surface area contributed by atoms with Crippen LogP contribution in [0.2, 0.25) is 0 Å². The zero-order chi connectivity index (χ0) is 8.43. The molecule has 11 heavy (non-hydrogen) atoms. The Kier molecular flexibility index (Phi) is 2.67. The van der Waals surface area contributed by atoms with Crippen molar-refractivity contribution in [3.8, 4) is 5.06 Å². The number of ether oxygens (including phenoxy) is 1. The van der Waals surface area contributed by atoms with E-state index in [1.54, 1.807) is 6.07 Å². The van der Waals surface area contributed by atoms with Gasteiger partial charge in [0.15, 0.2) is 5.06 Å². The number of carbonyl (C=O) groups excluding carboxylic acids is 1. The summed E-state index contributed by atoms with van der Waals surface area (Å²) in [7, 11) is 0. The lowest BCUT2D eigenvalue weighted by molar-refractivity contribution is -0.131. The Balaban J connectivity index is 2.81. The van der Waals surface area contributed by atoms with Crippen molar-refractivity contribution in [3.63, 3.8) is 0 Å². The van der Waals surface area contributed by atoms with Gasteiger partial charge in [0.05, 0.1) is 0 Å². The number of rotatable bonds is 1. The average Bonchev–Trinajstić information content (AvgIpc) is 2.10. The van der Waals surface area contributed by atoms with Gasteiger partial charge in [-0.25, -0.2) is 0 Å². The zero-order valence-corrected chi connectivity index (χ0v) is 8.58. The Hall–Kier alpha value is -0.350. The van der Waals surface area contributed by atoms with Gasteiger partial charge in [-0.1, -0.05) is 0 Å². The molecule has 2 nitrogen and oxygen atoms in total. The fraction of sp³-hybridized carbons (Fsp3) is 0.286. The molecule has 0 radical (unpaired) electrons. The highest BCUT2D eigenvalue weighted by Gasteiger charge is 2.04. The number of aryl methyl sites for hydroxylation is 1. The summed E-state index contributed by atoms with van der Waals surface area (Å²) in [6.07, 6.45) is 0. The number of thiophene rings is 1. The first kappa shape index (κ1) is 8.74. The molecule has 0 N–H and O–H groups in total. The van der Waals surface area contributed by atoms with E-state index in [9.17, 15) is 4.79 Å². The second kappa shape index (κ2) is 3.36. The molecule has 0 aromatic carbocycles. The highest BCUT2D eigenvalue weighted by molar-refractivity contribution is 9.10. The van der Waals surface area contributed by atoms with Crippen molar-refractivity contribution in [2.24, 2.45) is 0 Å². The largest absolute Gasteiger partial charge is 0.416 e. The number of halogens is 1.